The molecular weight excluding hydrogens is 338 g/mol. The molecule has 0 spiro atoms. The zero-order chi connectivity index (χ0) is 14.4. The third kappa shape index (κ3) is 4.20. The Balaban J connectivity index is 2.22. The van der Waals surface area contributed by atoms with Gasteiger partial charge in [0.1, 0.15) is 5.82 Å². The molecule has 1 heterocycles. The van der Waals surface area contributed by atoms with E-state index in [-0.39, 0.29) is 0 Å². The van der Waals surface area contributed by atoms with Crippen LogP contribution in [0.2, 0.25) is 5.02 Å². The van der Waals surface area contributed by atoms with E-state index in [9.17, 15) is 0 Å². The normalized spacial score (nSPS) is 10.6. The standard InChI is InChI=1S/C15H17BrClN3/c16-14-9-13(17)10-19-15(14)20(8-4-7-18)11-12-5-2-1-3-6-12/h1-3,5-6,9-10H,4,7-8,11,18H2. The molecule has 3 nitrogen and oxygen atoms in total. The van der Waals surface area contributed by atoms with Crippen molar-refractivity contribution in [1.29, 1.82) is 0 Å². The smallest absolute Gasteiger partial charge is 0.143 e. The van der Waals surface area contributed by atoms with E-state index < -0.39 is 0 Å². The number of hydrogen-bond donors (Lipinski definition) is 1. The van der Waals surface area contributed by atoms with E-state index in [1.165, 1.54) is 5.56 Å². The SMILES string of the molecule is NCCCN(Cc1ccccc1)c1ncc(Cl)cc1Br. The van der Waals surface area contributed by atoms with Gasteiger partial charge in [-0.05, 0) is 40.5 Å². The minimum Gasteiger partial charge on any atom is -0.351 e. The van der Waals surface area contributed by atoms with Crippen LogP contribution in [0, 0.1) is 0 Å². The summed E-state index contributed by atoms with van der Waals surface area (Å²) in [6, 6.07) is 12.2. The third-order valence-corrected chi connectivity index (χ3v) is 3.73. The first-order valence-electron chi connectivity index (χ1n) is 6.50. The van der Waals surface area contributed by atoms with Crippen molar-refractivity contribution in [1.82, 2.24) is 4.98 Å². The molecule has 2 aromatic rings. The van der Waals surface area contributed by atoms with E-state index in [0.29, 0.717) is 11.6 Å². The maximum absolute atomic E-state index is 5.96. The average molecular weight is 355 g/mol. The lowest BCUT2D eigenvalue weighted by Gasteiger charge is -2.24. The molecule has 0 aliphatic heterocycles. The molecule has 2 rings (SSSR count). The lowest BCUT2D eigenvalue weighted by atomic mass is 10.2. The number of anilines is 1. The molecule has 0 saturated heterocycles. The molecule has 0 amide bonds. The summed E-state index contributed by atoms with van der Waals surface area (Å²) in [7, 11) is 0. The van der Waals surface area contributed by atoms with Crippen molar-refractivity contribution in [3.63, 3.8) is 0 Å². The van der Waals surface area contributed by atoms with Crippen LogP contribution in [0.25, 0.3) is 0 Å². The molecule has 2 N–H and O–H groups in total. The minimum absolute atomic E-state index is 0.624. The van der Waals surface area contributed by atoms with Crippen LogP contribution < -0.4 is 10.6 Å². The van der Waals surface area contributed by atoms with Gasteiger partial charge in [0.25, 0.3) is 0 Å². The highest BCUT2D eigenvalue weighted by Gasteiger charge is 2.12. The van der Waals surface area contributed by atoms with Gasteiger partial charge >= 0.3 is 0 Å². The third-order valence-electron chi connectivity index (χ3n) is 2.94. The van der Waals surface area contributed by atoms with Gasteiger partial charge in [-0.25, -0.2) is 4.98 Å². The summed E-state index contributed by atoms with van der Waals surface area (Å²) in [5.41, 5.74) is 6.87. The quantitative estimate of drug-likeness (QED) is 0.856. The molecule has 0 aliphatic rings. The van der Waals surface area contributed by atoms with Crippen LogP contribution in [0.3, 0.4) is 0 Å². The van der Waals surface area contributed by atoms with Crippen LogP contribution in [0.5, 0.6) is 0 Å². The highest BCUT2D eigenvalue weighted by Crippen LogP contribution is 2.27. The summed E-state index contributed by atoms with van der Waals surface area (Å²) in [6.45, 7) is 2.32. The van der Waals surface area contributed by atoms with Gasteiger partial charge in [0.05, 0.1) is 9.50 Å². The van der Waals surface area contributed by atoms with Crippen molar-refractivity contribution in [2.24, 2.45) is 5.73 Å². The monoisotopic (exact) mass is 353 g/mol. The van der Waals surface area contributed by atoms with E-state index in [4.69, 9.17) is 17.3 Å². The maximum atomic E-state index is 5.96. The molecule has 106 valence electrons. The van der Waals surface area contributed by atoms with Crippen LogP contribution in [0.4, 0.5) is 5.82 Å². The van der Waals surface area contributed by atoms with Crippen LogP contribution in [-0.2, 0) is 6.54 Å². The van der Waals surface area contributed by atoms with E-state index in [0.717, 1.165) is 29.8 Å². The molecule has 1 aromatic heterocycles. The van der Waals surface area contributed by atoms with E-state index in [2.05, 4.69) is 37.9 Å². The molecule has 5 heteroatoms. The van der Waals surface area contributed by atoms with Gasteiger partial charge in [0, 0.05) is 19.3 Å². The molecular formula is C15H17BrClN3. The average Bonchev–Trinajstić information content (AvgIpc) is 2.45. The number of benzene rings is 1. The molecule has 1 aromatic carbocycles. The van der Waals surface area contributed by atoms with Crippen molar-refractivity contribution < 1.29 is 0 Å². The number of hydrogen-bond acceptors (Lipinski definition) is 3. The summed E-state index contributed by atoms with van der Waals surface area (Å²) in [4.78, 5) is 6.64. The van der Waals surface area contributed by atoms with Crippen LogP contribution in [-0.4, -0.2) is 18.1 Å². The summed E-state index contributed by atoms with van der Waals surface area (Å²) in [5.74, 6) is 0.895. The number of nitrogens with two attached hydrogens (primary N) is 1. The Kier molecular flexibility index (Phi) is 5.83. The largest absolute Gasteiger partial charge is 0.351 e. The lowest BCUT2D eigenvalue weighted by Crippen LogP contribution is -2.26. The van der Waals surface area contributed by atoms with E-state index >= 15 is 0 Å². The Morgan fingerprint density at radius 1 is 1.25 bits per heavy atom. The van der Waals surface area contributed by atoms with Crippen molar-refractivity contribution >= 4 is 33.3 Å². The molecule has 0 saturated carbocycles. The van der Waals surface area contributed by atoms with Crippen LogP contribution >= 0.6 is 27.5 Å². The highest BCUT2D eigenvalue weighted by atomic mass is 79.9. The zero-order valence-electron chi connectivity index (χ0n) is 11.1. The number of nitrogens with zero attached hydrogens (tertiary/aromatic N) is 2. The summed E-state index contributed by atoms with van der Waals surface area (Å²) >= 11 is 9.49. The van der Waals surface area contributed by atoms with Crippen molar-refractivity contribution in [2.45, 2.75) is 13.0 Å². The van der Waals surface area contributed by atoms with Gasteiger partial charge in [-0.2, -0.15) is 0 Å². The second-order valence-corrected chi connectivity index (χ2v) is 5.80. The van der Waals surface area contributed by atoms with E-state index in [1.54, 1.807) is 6.20 Å². The zero-order valence-corrected chi connectivity index (χ0v) is 13.4. The van der Waals surface area contributed by atoms with E-state index in [1.807, 2.05) is 24.3 Å². The Hall–Kier alpha value is -1.10. The first-order valence-corrected chi connectivity index (χ1v) is 7.68. The first kappa shape index (κ1) is 15.3. The topological polar surface area (TPSA) is 42.1 Å². The van der Waals surface area contributed by atoms with Gasteiger partial charge in [-0.15, -0.1) is 0 Å². The predicted molar refractivity (Wildman–Crippen MR) is 88.1 cm³/mol. The molecule has 0 radical (unpaired) electrons. The van der Waals surface area contributed by atoms with Crippen molar-refractivity contribution in [2.75, 3.05) is 18.0 Å². The van der Waals surface area contributed by atoms with Crippen LogP contribution in [0.1, 0.15) is 12.0 Å². The Morgan fingerprint density at radius 3 is 2.65 bits per heavy atom. The summed E-state index contributed by atoms with van der Waals surface area (Å²) < 4.78 is 0.901. The Bertz CT molecular complexity index is 548. The molecule has 20 heavy (non-hydrogen) atoms. The second-order valence-electron chi connectivity index (χ2n) is 4.51. The number of aromatic nitrogens is 1. The predicted octanol–water partition coefficient (Wildman–Crippen LogP) is 3.85. The minimum atomic E-state index is 0.624. The highest BCUT2D eigenvalue weighted by molar-refractivity contribution is 9.10. The lowest BCUT2D eigenvalue weighted by molar-refractivity contribution is 0.724. The second kappa shape index (κ2) is 7.62. The number of rotatable bonds is 6. The fraction of sp³-hybridized carbons (Fsp3) is 0.267. The molecule has 0 unspecified atom stereocenters. The fourth-order valence-electron chi connectivity index (χ4n) is 1.99. The fourth-order valence-corrected chi connectivity index (χ4v) is 2.88. The van der Waals surface area contributed by atoms with Gasteiger partial charge < -0.3 is 10.6 Å². The molecule has 0 aliphatic carbocycles. The van der Waals surface area contributed by atoms with Gasteiger partial charge in [0.15, 0.2) is 0 Å². The first-order chi connectivity index (χ1) is 9.70. The summed E-state index contributed by atoms with van der Waals surface area (Å²) in [6.07, 6.45) is 2.59. The summed E-state index contributed by atoms with van der Waals surface area (Å²) in [5, 5.41) is 0.624. The van der Waals surface area contributed by atoms with Gasteiger partial charge in [0.2, 0.25) is 0 Å². The number of pyridine rings is 1. The van der Waals surface area contributed by atoms with Gasteiger partial charge in [-0.1, -0.05) is 41.9 Å². The van der Waals surface area contributed by atoms with Gasteiger partial charge in [-0.3, -0.25) is 0 Å². The molecule has 0 fully saturated rings. The Labute approximate surface area is 132 Å². The van der Waals surface area contributed by atoms with Crippen molar-refractivity contribution in [3.05, 3.63) is 57.7 Å². The Morgan fingerprint density at radius 2 is 2.00 bits per heavy atom. The van der Waals surface area contributed by atoms with Crippen LogP contribution in [0.15, 0.2) is 47.1 Å². The molecule has 0 atom stereocenters. The van der Waals surface area contributed by atoms with Crippen molar-refractivity contribution in [3.8, 4) is 0 Å². The maximum Gasteiger partial charge on any atom is 0.143 e. The number of halogens is 2. The molecule has 0 bridgehead atoms.